The zero-order valence-electron chi connectivity index (χ0n) is 10.4. The Labute approximate surface area is 107 Å². The molecule has 0 aromatic heterocycles. The van der Waals surface area contributed by atoms with Crippen molar-refractivity contribution in [3.63, 3.8) is 0 Å². The standard InChI is InChI=1S/C14H19FN2O/c15-13-6-2-1-5-12(13)14(18)17-9-3-4-11(10-17)7-8-16/h1-2,5-6,11H,3-4,7-10,16H2. The molecule has 1 saturated heterocycles. The van der Waals surface area contributed by atoms with Gasteiger partial charge < -0.3 is 10.6 Å². The van der Waals surface area contributed by atoms with E-state index in [0.29, 0.717) is 25.6 Å². The monoisotopic (exact) mass is 250 g/mol. The largest absolute Gasteiger partial charge is 0.338 e. The van der Waals surface area contributed by atoms with Crippen LogP contribution in [-0.2, 0) is 0 Å². The number of hydrogen-bond acceptors (Lipinski definition) is 2. The lowest BCUT2D eigenvalue weighted by Crippen LogP contribution is -2.40. The summed E-state index contributed by atoms with van der Waals surface area (Å²) in [4.78, 5) is 14.0. The van der Waals surface area contributed by atoms with Crippen molar-refractivity contribution >= 4 is 5.91 Å². The van der Waals surface area contributed by atoms with Crippen LogP contribution in [0.4, 0.5) is 4.39 Å². The molecule has 1 aromatic rings. The molecule has 2 N–H and O–H groups in total. The third-order valence-corrected chi connectivity index (χ3v) is 3.49. The van der Waals surface area contributed by atoms with Crippen LogP contribution in [0, 0.1) is 11.7 Å². The first-order chi connectivity index (χ1) is 8.72. The van der Waals surface area contributed by atoms with Gasteiger partial charge in [-0.1, -0.05) is 12.1 Å². The molecule has 1 aliphatic heterocycles. The fourth-order valence-corrected chi connectivity index (χ4v) is 2.53. The van der Waals surface area contributed by atoms with Crippen molar-refractivity contribution in [1.82, 2.24) is 4.90 Å². The number of hydrogen-bond donors (Lipinski definition) is 1. The van der Waals surface area contributed by atoms with E-state index in [2.05, 4.69) is 0 Å². The second-order valence-electron chi connectivity index (χ2n) is 4.82. The summed E-state index contributed by atoms with van der Waals surface area (Å²) in [7, 11) is 0. The average molecular weight is 250 g/mol. The molecule has 1 amide bonds. The second-order valence-corrected chi connectivity index (χ2v) is 4.82. The van der Waals surface area contributed by atoms with Crippen LogP contribution in [0.3, 0.4) is 0 Å². The highest BCUT2D eigenvalue weighted by molar-refractivity contribution is 5.94. The van der Waals surface area contributed by atoms with Crippen LogP contribution < -0.4 is 5.73 Å². The van der Waals surface area contributed by atoms with Crippen LogP contribution >= 0.6 is 0 Å². The molecule has 3 nitrogen and oxygen atoms in total. The van der Waals surface area contributed by atoms with Gasteiger partial charge in [0.25, 0.3) is 5.91 Å². The van der Waals surface area contributed by atoms with Gasteiger partial charge in [0.05, 0.1) is 5.56 Å². The van der Waals surface area contributed by atoms with Gasteiger partial charge in [-0.05, 0) is 43.9 Å². The molecule has 98 valence electrons. The van der Waals surface area contributed by atoms with Crippen molar-refractivity contribution in [2.75, 3.05) is 19.6 Å². The van der Waals surface area contributed by atoms with Crippen LogP contribution in [0.2, 0.25) is 0 Å². The Kier molecular flexibility index (Phi) is 4.31. The SMILES string of the molecule is NCCC1CCCN(C(=O)c2ccccc2F)C1. The molecule has 1 heterocycles. The molecule has 0 saturated carbocycles. The van der Waals surface area contributed by atoms with Crippen molar-refractivity contribution in [2.24, 2.45) is 11.7 Å². The van der Waals surface area contributed by atoms with Gasteiger partial charge in [-0.3, -0.25) is 4.79 Å². The first-order valence-corrected chi connectivity index (χ1v) is 6.46. The molecule has 2 rings (SSSR count). The van der Waals surface area contributed by atoms with Crippen LogP contribution in [0.1, 0.15) is 29.6 Å². The molecule has 0 bridgehead atoms. The highest BCUT2D eigenvalue weighted by atomic mass is 19.1. The molecule has 1 unspecified atom stereocenters. The van der Waals surface area contributed by atoms with Gasteiger partial charge in [-0.2, -0.15) is 0 Å². The lowest BCUT2D eigenvalue weighted by molar-refractivity contribution is 0.0665. The Morgan fingerprint density at radius 1 is 1.44 bits per heavy atom. The van der Waals surface area contributed by atoms with Gasteiger partial charge in [-0.15, -0.1) is 0 Å². The smallest absolute Gasteiger partial charge is 0.256 e. The Morgan fingerprint density at radius 3 is 2.94 bits per heavy atom. The summed E-state index contributed by atoms with van der Waals surface area (Å²) in [5.41, 5.74) is 5.72. The molecule has 0 radical (unpaired) electrons. The Balaban J connectivity index is 2.07. The molecule has 1 fully saturated rings. The third-order valence-electron chi connectivity index (χ3n) is 3.49. The summed E-state index contributed by atoms with van der Waals surface area (Å²) in [6.07, 6.45) is 3.02. The number of nitrogens with two attached hydrogens (primary N) is 1. The minimum Gasteiger partial charge on any atom is -0.338 e. The maximum absolute atomic E-state index is 13.6. The first-order valence-electron chi connectivity index (χ1n) is 6.46. The van der Waals surface area contributed by atoms with E-state index in [4.69, 9.17) is 5.73 Å². The third kappa shape index (κ3) is 2.88. The Morgan fingerprint density at radius 2 is 2.22 bits per heavy atom. The van der Waals surface area contributed by atoms with Gasteiger partial charge in [0, 0.05) is 13.1 Å². The van der Waals surface area contributed by atoms with Crippen LogP contribution in [-0.4, -0.2) is 30.4 Å². The normalized spacial score (nSPS) is 19.9. The number of rotatable bonds is 3. The summed E-state index contributed by atoms with van der Waals surface area (Å²) in [5, 5.41) is 0. The molecule has 0 spiro atoms. The maximum atomic E-state index is 13.6. The topological polar surface area (TPSA) is 46.3 Å². The molecular formula is C14H19FN2O. The summed E-state index contributed by atoms with van der Waals surface area (Å²) in [6, 6.07) is 6.16. The number of nitrogens with zero attached hydrogens (tertiary/aromatic N) is 1. The number of piperidine rings is 1. The van der Waals surface area contributed by atoms with E-state index in [9.17, 15) is 9.18 Å². The molecule has 4 heteroatoms. The van der Waals surface area contributed by atoms with Crippen LogP contribution in [0.5, 0.6) is 0 Å². The van der Waals surface area contributed by atoms with Gasteiger partial charge in [0.1, 0.15) is 5.82 Å². The fraction of sp³-hybridized carbons (Fsp3) is 0.500. The minimum atomic E-state index is -0.441. The van der Waals surface area contributed by atoms with E-state index in [1.807, 2.05) is 0 Å². The van der Waals surface area contributed by atoms with Crippen molar-refractivity contribution in [1.29, 1.82) is 0 Å². The van der Waals surface area contributed by atoms with Gasteiger partial charge in [0.15, 0.2) is 0 Å². The maximum Gasteiger partial charge on any atom is 0.256 e. The van der Waals surface area contributed by atoms with Crippen molar-refractivity contribution in [3.05, 3.63) is 35.6 Å². The minimum absolute atomic E-state index is 0.172. The van der Waals surface area contributed by atoms with E-state index in [0.717, 1.165) is 19.3 Å². The highest BCUT2D eigenvalue weighted by Gasteiger charge is 2.25. The average Bonchev–Trinajstić information content (AvgIpc) is 2.39. The molecule has 1 aromatic carbocycles. The summed E-state index contributed by atoms with van der Waals surface area (Å²) in [5.74, 6) is -0.183. The second kappa shape index (κ2) is 5.96. The Bertz CT molecular complexity index is 420. The van der Waals surface area contributed by atoms with E-state index >= 15 is 0 Å². The van der Waals surface area contributed by atoms with E-state index in [1.165, 1.54) is 6.07 Å². The number of benzene rings is 1. The summed E-state index contributed by atoms with van der Waals surface area (Å²) in [6.45, 7) is 2.06. The summed E-state index contributed by atoms with van der Waals surface area (Å²) >= 11 is 0. The summed E-state index contributed by atoms with van der Waals surface area (Å²) < 4.78 is 13.6. The molecule has 1 aliphatic rings. The Hall–Kier alpha value is -1.42. The van der Waals surface area contributed by atoms with Crippen LogP contribution in [0.15, 0.2) is 24.3 Å². The number of amides is 1. The van der Waals surface area contributed by atoms with Crippen molar-refractivity contribution in [2.45, 2.75) is 19.3 Å². The van der Waals surface area contributed by atoms with Gasteiger partial charge >= 0.3 is 0 Å². The lowest BCUT2D eigenvalue weighted by Gasteiger charge is -2.32. The predicted octanol–water partition coefficient (Wildman–Crippen LogP) is 2.03. The molecule has 0 aliphatic carbocycles. The van der Waals surface area contributed by atoms with Crippen molar-refractivity contribution in [3.8, 4) is 0 Å². The fourth-order valence-electron chi connectivity index (χ4n) is 2.53. The number of likely N-dealkylation sites (tertiary alicyclic amines) is 1. The highest BCUT2D eigenvalue weighted by Crippen LogP contribution is 2.21. The predicted molar refractivity (Wildman–Crippen MR) is 68.7 cm³/mol. The zero-order chi connectivity index (χ0) is 13.0. The van der Waals surface area contributed by atoms with Crippen LogP contribution in [0.25, 0.3) is 0 Å². The molecular weight excluding hydrogens is 231 g/mol. The number of carbonyl (C=O) groups is 1. The first kappa shape index (κ1) is 13.0. The van der Waals surface area contributed by atoms with E-state index < -0.39 is 5.82 Å². The lowest BCUT2D eigenvalue weighted by atomic mass is 9.94. The van der Waals surface area contributed by atoms with Gasteiger partial charge in [-0.25, -0.2) is 4.39 Å². The molecule has 1 atom stereocenters. The number of halogens is 1. The molecule has 18 heavy (non-hydrogen) atoms. The quantitative estimate of drug-likeness (QED) is 0.892. The van der Waals surface area contributed by atoms with E-state index in [-0.39, 0.29) is 11.5 Å². The zero-order valence-corrected chi connectivity index (χ0v) is 10.4. The van der Waals surface area contributed by atoms with Crippen molar-refractivity contribution < 1.29 is 9.18 Å². The van der Waals surface area contributed by atoms with E-state index in [1.54, 1.807) is 23.1 Å². The number of carbonyl (C=O) groups excluding carboxylic acids is 1. The van der Waals surface area contributed by atoms with Gasteiger partial charge in [0.2, 0.25) is 0 Å².